The summed E-state index contributed by atoms with van der Waals surface area (Å²) in [5, 5.41) is 3.58. The number of carbonyl (C=O) groups excluding carboxylic acids is 1. The van der Waals surface area contributed by atoms with Crippen molar-refractivity contribution >= 4 is 28.4 Å². The highest BCUT2D eigenvalue weighted by atomic mass is 16.5. The summed E-state index contributed by atoms with van der Waals surface area (Å²) < 4.78 is 10.8. The molecule has 4 rings (SSSR count). The third-order valence-electron chi connectivity index (χ3n) is 4.63. The lowest BCUT2D eigenvalue weighted by Crippen LogP contribution is -2.45. The van der Waals surface area contributed by atoms with E-state index in [1.54, 1.807) is 36.5 Å². The number of hydrogen-bond acceptors (Lipinski definition) is 6. The van der Waals surface area contributed by atoms with Crippen molar-refractivity contribution in [1.29, 1.82) is 0 Å². The van der Waals surface area contributed by atoms with Crippen LogP contribution in [-0.4, -0.2) is 36.2 Å². The van der Waals surface area contributed by atoms with Crippen LogP contribution in [0, 0.1) is 0 Å². The second-order valence-corrected chi connectivity index (χ2v) is 7.03. The molecule has 0 saturated carbocycles. The standard InChI is InChI=1S/C21H21N3O4/c1-13-11-24(12-14(2)27-13)19-7-3-16(10-22-19)21(26)23-17-5-6-18-15(9-17)4-8-20(25)28-18/h3-10,13-14H,11-12H2,1-2H3,(H,23,26)/t13-,14+. The average Bonchev–Trinajstić information content (AvgIpc) is 2.67. The number of amides is 1. The predicted octanol–water partition coefficient (Wildman–Crippen LogP) is 3.05. The number of nitrogens with one attached hydrogen (secondary N) is 1. The van der Waals surface area contributed by atoms with Crippen molar-refractivity contribution in [3.05, 3.63) is 64.6 Å². The van der Waals surface area contributed by atoms with Crippen molar-refractivity contribution in [2.45, 2.75) is 26.1 Å². The van der Waals surface area contributed by atoms with Gasteiger partial charge in [0.15, 0.2) is 0 Å². The molecule has 1 N–H and O–H groups in total. The second-order valence-electron chi connectivity index (χ2n) is 7.03. The fraction of sp³-hybridized carbons (Fsp3) is 0.286. The number of rotatable bonds is 3. The molecule has 0 unspecified atom stereocenters. The van der Waals surface area contributed by atoms with E-state index in [2.05, 4.69) is 15.2 Å². The van der Waals surface area contributed by atoms with Gasteiger partial charge in [0.1, 0.15) is 11.4 Å². The summed E-state index contributed by atoms with van der Waals surface area (Å²) in [6.07, 6.45) is 1.87. The van der Waals surface area contributed by atoms with Crippen molar-refractivity contribution in [1.82, 2.24) is 4.98 Å². The molecule has 7 nitrogen and oxygen atoms in total. The van der Waals surface area contributed by atoms with Crippen molar-refractivity contribution in [2.75, 3.05) is 23.3 Å². The Hall–Kier alpha value is -3.19. The van der Waals surface area contributed by atoms with Gasteiger partial charge in [-0.1, -0.05) is 0 Å². The number of benzene rings is 1. The molecular formula is C21H21N3O4. The molecule has 1 amide bonds. The van der Waals surface area contributed by atoms with E-state index >= 15 is 0 Å². The quantitative estimate of drug-likeness (QED) is 0.704. The van der Waals surface area contributed by atoms with Crippen LogP contribution in [0.5, 0.6) is 0 Å². The Morgan fingerprint density at radius 2 is 1.89 bits per heavy atom. The number of carbonyl (C=O) groups is 1. The van der Waals surface area contributed by atoms with E-state index in [4.69, 9.17) is 9.15 Å². The normalized spacial score (nSPS) is 19.6. The molecule has 0 bridgehead atoms. The smallest absolute Gasteiger partial charge is 0.336 e. The summed E-state index contributed by atoms with van der Waals surface area (Å²) in [5.41, 5.74) is 1.16. The van der Waals surface area contributed by atoms with Crippen LogP contribution in [0.15, 0.2) is 57.9 Å². The Labute approximate surface area is 161 Å². The summed E-state index contributed by atoms with van der Waals surface area (Å²) in [7, 11) is 0. The molecule has 1 aliphatic rings. The fourth-order valence-corrected chi connectivity index (χ4v) is 3.43. The number of ether oxygens (including phenoxy) is 1. The molecule has 2 atom stereocenters. The molecule has 3 heterocycles. The lowest BCUT2D eigenvalue weighted by molar-refractivity contribution is -0.00546. The molecule has 3 aromatic rings. The van der Waals surface area contributed by atoms with Gasteiger partial charge in [0.25, 0.3) is 5.91 Å². The Balaban J connectivity index is 1.48. The number of aromatic nitrogens is 1. The van der Waals surface area contributed by atoms with Gasteiger partial charge in [-0.2, -0.15) is 0 Å². The summed E-state index contributed by atoms with van der Waals surface area (Å²) >= 11 is 0. The van der Waals surface area contributed by atoms with Crippen LogP contribution in [0.2, 0.25) is 0 Å². The minimum atomic E-state index is -0.403. The van der Waals surface area contributed by atoms with Crippen LogP contribution in [0.25, 0.3) is 11.0 Å². The first kappa shape index (κ1) is 18.2. The molecule has 0 radical (unpaired) electrons. The topological polar surface area (TPSA) is 84.7 Å². The summed E-state index contributed by atoms with van der Waals surface area (Å²) in [6.45, 7) is 5.63. The van der Waals surface area contributed by atoms with E-state index in [1.165, 1.54) is 6.07 Å². The molecule has 2 aromatic heterocycles. The average molecular weight is 379 g/mol. The Kier molecular flexibility index (Phi) is 4.83. The van der Waals surface area contributed by atoms with Crippen LogP contribution in [-0.2, 0) is 4.74 Å². The van der Waals surface area contributed by atoms with Crippen LogP contribution in [0.1, 0.15) is 24.2 Å². The van der Waals surface area contributed by atoms with E-state index < -0.39 is 5.63 Å². The number of morpholine rings is 1. The number of hydrogen-bond donors (Lipinski definition) is 1. The second kappa shape index (κ2) is 7.44. The molecule has 1 aliphatic heterocycles. The van der Waals surface area contributed by atoms with Crippen molar-refractivity contribution in [3.63, 3.8) is 0 Å². The van der Waals surface area contributed by atoms with Gasteiger partial charge in [-0.25, -0.2) is 9.78 Å². The predicted molar refractivity (Wildman–Crippen MR) is 107 cm³/mol. The van der Waals surface area contributed by atoms with Crippen LogP contribution in [0.3, 0.4) is 0 Å². The van der Waals surface area contributed by atoms with E-state index in [9.17, 15) is 9.59 Å². The van der Waals surface area contributed by atoms with Gasteiger partial charge in [0, 0.05) is 36.4 Å². The van der Waals surface area contributed by atoms with Gasteiger partial charge >= 0.3 is 5.63 Å². The zero-order chi connectivity index (χ0) is 19.7. The van der Waals surface area contributed by atoms with Crippen LogP contribution >= 0.6 is 0 Å². The zero-order valence-electron chi connectivity index (χ0n) is 15.7. The van der Waals surface area contributed by atoms with E-state index in [-0.39, 0.29) is 18.1 Å². The third kappa shape index (κ3) is 3.89. The molecule has 28 heavy (non-hydrogen) atoms. The molecule has 0 spiro atoms. The summed E-state index contributed by atoms with van der Waals surface area (Å²) in [5.74, 6) is 0.582. The zero-order valence-corrected chi connectivity index (χ0v) is 15.7. The summed E-state index contributed by atoms with van der Waals surface area (Å²) in [6, 6.07) is 11.8. The van der Waals surface area contributed by atoms with E-state index in [1.807, 2.05) is 19.9 Å². The number of anilines is 2. The van der Waals surface area contributed by atoms with Gasteiger partial charge in [-0.3, -0.25) is 4.79 Å². The largest absolute Gasteiger partial charge is 0.423 e. The van der Waals surface area contributed by atoms with Gasteiger partial charge in [0.2, 0.25) is 0 Å². The molecule has 1 aromatic carbocycles. The fourth-order valence-electron chi connectivity index (χ4n) is 3.43. The highest BCUT2D eigenvalue weighted by Crippen LogP contribution is 2.20. The van der Waals surface area contributed by atoms with Crippen LogP contribution < -0.4 is 15.8 Å². The monoisotopic (exact) mass is 379 g/mol. The molecule has 144 valence electrons. The van der Waals surface area contributed by atoms with Gasteiger partial charge in [0.05, 0.1) is 17.8 Å². The Bertz CT molecular complexity index is 1050. The van der Waals surface area contributed by atoms with Crippen molar-refractivity contribution < 1.29 is 13.9 Å². The Morgan fingerprint density at radius 1 is 1.11 bits per heavy atom. The summed E-state index contributed by atoms with van der Waals surface area (Å²) in [4.78, 5) is 30.4. The van der Waals surface area contributed by atoms with E-state index in [0.717, 1.165) is 24.3 Å². The number of pyridine rings is 1. The first-order valence-corrected chi connectivity index (χ1v) is 9.20. The molecule has 0 aliphatic carbocycles. The number of fused-ring (bicyclic) bond motifs is 1. The van der Waals surface area contributed by atoms with Gasteiger partial charge in [-0.15, -0.1) is 0 Å². The molecule has 7 heteroatoms. The first-order valence-electron chi connectivity index (χ1n) is 9.20. The first-order chi connectivity index (χ1) is 13.5. The minimum Gasteiger partial charge on any atom is -0.423 e. The van der Waals surface area contributed by atoms with Crippen molar-refractivity contribution in [2.24, 2.45) is 0 Å². The van der Waals surface area contributed by atoms with Crippen LogP contribution in [0.4, 0.5) is 11.5 Å². The Morgan fingerprint density at radius 3 is 2.61 bits per heavy atom. The van der Waals surface area contributed by atoms with Gasteiger partial charge in [-0.05, 0) is 50.2 Å². The van der Waals surface area contributed by atoms with Crippen molar-refractivity contribution in [3.8, 4) is 0 Å². The highest BCUT2D eigenvalue weighted by Gasteiger charge is 2.23. The maximum absolute atomic E-state index is 12.5. The SMILES string of the molecule is C[C@@H]1CN(c2ccc(C(=O)Nc3ccc4oc(=O)ccc4c3)cn2)C[C@H](C)O1. The third-order valence-corrected chi connectivity index (χ3v) is 4.63. The molecular weight excluding hydrogens is 358 g/mol. The maximum atomic E-state index is 12.5. The highest BCUT2D eigenvalue weighted by molar-refractivity contribution is 6.04. The molecule has 1 saturated heterocycles. The molecule has 1 fully saturated rings. The minimum absolute atomic E-state index is 0.144. The lowest BCUT2D eigenvalue weighted by Gasteiger charge is -2.36. The lowest BCUT2D eigenvalue weighted by atomic mass is 10.2. The van der Waals surface area contributed by atoms with E-state index in [0.29, 0.717) is 16.8 Å². The number of nitrogens with zero attached hydrogens (tertiary/aromatic N) is 2. The van der Waals surface area contributed by atoms with Gasteiger partial charge < -0.3 is 19.4 Å². The maximum Gasteiger partial charge on any atom is 0.336 e.